The number of rotatable bonds is 7. The van der Waals surface area contributed by atoms with Crippen LogP contribution in [0.15, 0.2) is 131 Å². The van der Waals surface area contributed by atoms with E-state index < -0.39 is 17.1 Å². The van der Waals surface area contributed by atoms with Crippen LogP contribution < -0.4 is 15.9 Å². The molecule has 0 aliphatic carbocycles. The number of benzene rings is 4. The van der Waals surface area contributed by atoms with Crippen molar-refractivity contribution in [3.63, 3.8) is 0 Å². The molecule has 0 amide bonds. The van der Waals surface area contributed by atoms with Crippen LogP contribution in [0.1, 0.15) is 19.4 Å². The number of sulfone groups is 1. The smallest absolute Gasteiger partial charge is 0.185 e. The quantitative estimate of drug-likeness (QED) is 0.298. The third-order valence-electron chi connectivity index (χ3n) is 6.12. The zero-order valence-electron chi connectivity index (χ0n) is 19.8. The zero-order chi connectivity index (χ0) is 24.2. The Morgan fingerprint density at radius 2 is 1.00 bits per heavy atom. The molecule has 4 aromatic rings. The molecule has 0 spiro atoms. The van der Waals surface area contributed by atoms with Crippen molar-refractivity contribution in [1.29, 1.82) is 0 Å². The average molecular weight is 486 g/mol. The van der Waals surface area contributed by atoms with Crippen molar-refractivity contribution >= 4 is 33.0 Å². The van der Waals surface area contributed by atoms with Crippen molar-refractivity contribution in [1.82, 2.24) is 0 Å². The van der Waals surface area contributed by atoms with E-state index in [0.29, 0.717) is 4.90 Å². The van der Waals surface area contributed by atoms with Crippen LogP contribution in [0.25, 0.3) is 0 Å². The van der Waals surface area contributed by atoms with E-state index >= 15 is 0 Å². The molecule has 0 bridgehead atoms. The molecule has 2 nitrogen and oxygen atoms in total. The molecule has 4 heteroatoms. The van der Waals surface area contributed by atoms with Gasteiger partial charge in [0.2, 0.25) is 0 Å². The lowest BCUT2D eigenvalue weighted by atomic mass is 10.2. The molecule has 34 heavy (non-hydrogen) atoms. The minimum atomic E-state index is -3.56. The Hall–Kier alpha value is -3.00. The lowest BCUT2D eigenvalue weighted by Gasteiger charge is -2.30. The summed E-state index contributed by atoms with van der Waals surface area (Å²) in [5.74, 6) is -0.0230. The Morgan fingerprint density at radius 3 is 1.35 bits per heavy atom. The van der Waals surface area contributed by atoms with Gasteiger partial charge in [0.1, 0.15) is 34.2 Å². The van der Waals surface area contributed by atoms with E-state index in [1.165, 1.54) is 0 Å². The van der Waals surface area contributed by atoms with Crippen LogP contribution in [0, 0.1) is 6.92 Å². The first-order valence-electron chi connectivity index (χ1n) is 11.4. The van der Waals surface area contributed by atoms with Crippen molar-refractivity contribution in [2.75, 3.05) is 5.75 Å². The minimum Gasteiger partial charge on any atom is -0.223 e. The fourth-order valence-corrected chi connectivity index (χ4v) is 11.5. The van der Waals surface area contributed by atoms with Crippen LogP contribution in [0.2, 0.25) is 0 Å². The second kappa shape index (κ2) is 10.1. The highest BCUT2D eigenvalue weighted by molar-refractivity contribution is 8.00. The van der Waals surface area contributed by atoms with Gasteiger partial charge in [-0.15, -0.1) is 0 Å². The van der Waals surface area contributed by atoms with Crippen molar-refractivity contribution < 1.29 is 8.42 Å². The van der Waals surface area contributed by atoms with Crippen molar-refractivity contribution in [3.05, 3.63) is 132 Å². The van der Waals surface area contributed by atoms with Gasteiger partial charge in [-0.1, -0.05) is 72.3 Å². The highest BCUT2D eigenvalue weighted by Crippen LogP contribution is 2.63. The van der Waals surface area contributed by atoms with E-state index in [1.54, 1.807) is 12.1 Å². The van der Waals surface area contributed by atoms with E-state index in [1.807, 2.05) is 87.5 Å². The maximum Gasteiger partial charge on any atom is 0.185 e. The number of aryl methyl sites for hydroxylation is 1. The summed E-state index contributed by atoms with van der Waals surface area (Å²) < 4.78 is 27.6. The fraction of sp³-hybridized carbons (Fsp3) is 0.133. The maximum atomic E-state index is 13.8. The second-order valence-electron chi connectivity index (χ2n) is 8.70. The summed E-state index contributed by atoms with van der Waals surface area (Å²) in [4.78, 5) is 0.365. The topological polar surface area (TPSA) is 34.1 Å². The minimum absolute atomic E-state index is 0.0230. The summed E-state index contributed by atoms with van der Waals surface area (Å²) in [5.41, 5.74) is 2.08. The third-order valence-corrected chi connectivity index (χ3v) is 12.6. The van der Waals surface area contributed by atoms with Crippen molar-refractivity contribution in [2.45, 2.75) is 25.7 Å². The molecule has 0 aliphatic heterocycles. The number of allylic oxidation sites excluding steroid dienone is 1. The summed E-state index contributed by atoms with van der Waals surface area (Å²) in [6, 6.07) is 38.4. The average Bonchev–Trinajstić information content (AvgIpc) is 2.86. The molecule has 4 aromatic carbocycles. The summed E-state index contributed by atoms with van der Waals surface area (Å²) in [5, 5.41) is 4.45. The van der Waals surface area contributed by atoms with Gasteiger partial charge >= 0.3 is 0 Å². The van der Waals surface area contributed by atoms with Gasteiger partial charge in [0.05, 0.1) is 4.90 Å². The first-order valence-corrected chi connectivity index (χ1v) is 14.8. The van der Waals surface area contributed by atoms with Gasteiger partial charge in [0, 0.05) is 0 Å². The molecule has 0 radical (unpaired) electrons. The van der Waals surface area contributed by atoms with Crippen LogP contribution in [-0.4, -0.2) is 14.2 Å². The molecule has 0 atom stereocenters. The van der Waals surface area contributed by atoms with Crippen LogP contribution in [0.5, 0.6) is 0 Å². The van der Waals surface area contributed by atoms with E-state index in [-0.39, 0.29) is 5.75 Å². The molecular weight excluding hydrogens is 455 g/mol. The summed E-state index contributed by atoms with van der Waals surface area (Å²) in [6.45, 7) is 6.06. The highest BCUT2D eigenvalue weighted by Gasteiger charge is 2.51. The Kier molecular flexibility index (Phi) is 7.16. The molecule has 0 aliphatic rings. The zero-order valence-corrected chi connectivity index (χ0v) is 21.6. The van der Waals surface area contributed by atoms with Gasteiger partial charge in [-0.2, -0.15) is 0 Å². The van der Waals surface area contributed by atoms with E-state index in [2.05, 4.69) is 36.4 Å². The first-order chi connectivity index (χ1) is 16.4. The Balaban J connectivity index is 2.04. The van der Waals surface area contributed by atoms with Gasteiger partial charge < -0.3 is 0 Å². The van der Waals surface area contributed by atoms with Crippen LogP contribution in [-0.2, 0) is 9.84 Å². The molecule has 0 aromatic heterocycles. The molecule has 0 unspecified atom stereocenters. The molecule has 0 saturated carbocycles. The largest absolute Gasteiger partial charge is 0.223 e. The van der Waals surface area contributed by atoms with E-state index in [4.69, 9.17) is 0 Å². The lowest BCUT2D eigenvalue weighted by Crippen LogP contribution is -2.34. The lowest BCUT2D eigenvalue weighted by molar-refractivity contribution is 0.598. The Labute approximate surface area is 204 Å². The predicted octanol–water partition coefficient (Wildman–Crippen LogP) is 6.06. The van der Waals surface area contributed by atoms with Crippen molar-refractivity contribution in [2.24, 2.45) is 0 Å². The fourth-order valence-electron chi connectivity index (χ4n) is 4.46. The number of hydrogen-bond acceptors (Lipinski definition) is 2. The summed E-state index contributed by atoms with van der Waals surface area (Å²) in [7, 11) is -6.00. The first kappa shape index (κ1) is 24.1. The maximum absolute atomic E-state index is 13.8. The highest BCUT2D eigenvalue weighted by atomic mass is 32.2. The van der Waals surface area contributed by atoms with Gasteiger partial charge in [-0.3, -0.25) is 0 Å². The second-order valence-corrected chi connectivity index (χ2v) is 14.1. The Morgan fingerprint density at radius 1 is 0.618 bits per heavy atom. The summed E-state index contributed by atoms with van der Waals surface area (Å²) in [6.07, 6.45) is 0. The van der Waals surface area contributed by atoms with Crippen LogP contribution >= 0.6 is 7.26 Å². The molecule has 172 valence electrons. The molecular formula is C30H30O2PS+. The Bertz CT molecular complexity index is 1280. The van der Waals surface area contributed by atoms with Crippen LogP contribution in [0.4, 0.5) is 0 Å². The third kappa shape index (κ3) is 4.64. The van der Waals surface area contributed by atoms with Gasteiger partial charge in [0.25, 0.3) is 0 Å². The van der Waals surface area contributed by atoms with Crippen molar-refractivity contribution in [3.8, 4) is 0 Å². The molecule has 0 heterocycles. The van der Waals surface area contributed by atoms with Gasteiger partial charge in [-0.05, 0) is 74.9 Å². The molecule has 0 fully saturated rings. The SMILES string of the molecule is CC(C)=C(CS(=O)(=O)c1ccc(C)cc1)[P+](c1ccccc1)(c1ccccc1)c1ccccc1. The number of hydrogen-bond donors (Lipinski definition) is 0. The molecule has 0 saturated heterocycles. The van der Waals surface area contributed by atoms with E-state index in [9.17, 15) is 8.42 Å². The predicted molar refractivity (Wildman–Crippen MR) is 147 cm³/mol. The van der Waals surface area contributed by atoms with E-state index in [0.717, 1.165) is 32.4 Å². The normalized spacial score (nSPS) is 11.7. The van der Waals surface area contributed by atoms with Gasteiger partial charge in [-0.25, -0.2) is 8.42 Å². The molecule has 4 rings (SSSR count). The van der Waals surface area contributed by atoms with Crippen LogP contribution in [0.3, 0.4) is 0 Å². The monoisotopic (exact) mass is 485 g/mol. The standard InChI is InChI=1S/C30H30O2PS/c1-24(2)30(23-34(31,32)29-21-19-25(3)20-22-29)33(26-13-7-4-8-14-26,27-15-9-5-10-16-27)28-17-11-6-12-18-28/h4-22H,23H2,1-3H3/q+1. The summed E-state index contributed by atoms with van der Waals surface area (Å²) >= 11 is 0. The van der Waals surface area contributed by atoms with Gasteiger partial charge in [0.15, 0.2) is 9.84 Å². The molecule has 0 N–H and O–H groups in total.